The lowest BCUT2D eigenvalue weighted by molar-refractivity contribution is -0.132. The molecule has 2 aromatic rings. The van der Waals surface area contributed by atoms with Gasteiger partial charge in [-0.3, -0.25) is 4.79 Å². The van der Waals surface area contributed by atoms with Crippen molar-refractivity contribution in [1.29, 1.82) is 0 Å². The molecule has 1 aliphatic rings. The van der Waals surface area contributed by atoms with Crippen molar-refractivity contribution < 1.29 is 4.79 Å². The lowest BCUT2D eigenvalue weighted by Crippen LogP contribution is -2.41. The van der Waals surface area contributed by atoms with Gasteiger partial charge in [0.15, 0.2) is 0 Å². The minimum absolute atomic E-state index is 0. The summed E-state index contributed by atoms with van der Waals surface area (Å²) in [6.45, 7) is 1.79. The highest BCUT2D eigenvalue weighted by Crippen LogP contribution is 2.27. The van der Waals surface area contributed by atoms with Crippen LogP contribution in [0.25, 0.3) is 0 Å². The van der Waals surface area contributed by atoms with E-state index in [4.69, 9.17) is 0 Å². The van der Waals surface area contributed by atoms with Crippen LogP contribution >= 0.6 is 12.4 Å². The fourth-order valence-electron chi connectivity index (χ4n) is 3.87. The van der Waals surface area contributed by atoms with Gasteiger partial charge in [0.1, 0.15) is 0 Å². The highest BCUT2D eigenvalue weighted by atomic mass is 35.5. The minimum atomic E-state index is 0. The third kappa shape index (κ3) is 5.33. The Bertz CT molecular complexity index is 662. The first kappa shape index (κ1) is 20.5. The zero-order chi connectivity index (χ0) is 17.5. The van der Waals surface area contributed by atoms with Gasteiger partial charge >= 0.3 is 0 Å². The Hall–Kier alpha value is -1.84. The molecule has 1 heterocycles. The van der Waals surface area contributed by atoms with Crippen molar-refractivity contribution in [3.05, 3.63) is 71.8 Å². The highest BCUT2D eigenvalue weighted by molar-refractivity contribution is 5.85. The van der Waals surface area contributed by atoms with E-state index in [2.05, 4.69) is 58.7 Å². The van der Waals surface area contributed by atoms with E-state index < -0.39 is 0 Å². The van der Waals surface area contributed by atoms with Crippen LogP contribution in [0.15, 0.2) is 60.7 Å². The van der Waals surface area contributed by atoms with Gasteiger partial charge in [-0.25, -0.2) is 0 Å². The Morgan fingerprint density at radius 2 is 1.77 bits per heavy atom. The Labute approximate surface area is 163 Å². The van der Waals surface area contributed by atoms with Crippen LogP contribution in [0.3, 0.4) is 0 Å². The number of halogens is 1. The Balaban J connectivity index is 0.00000243. The van der Waals surface area contributed by atoms with Crippen molar-refractivity contribution in [3.63, 3.8) is 0 Å². The van der Waals surface area contributed by atoms with Crippen LogP contribution in [0.4, 0.5) is 0 Å². The lowest BCUT2D eigenvalue weighted by Gasteiger charge is -2.27. The summed E-state index contributed by atoms with van der Waals surface area (Å²) in [5.41, 5.74) is 2.54. The van der Waals surface area contributed by atoms with Gasteiger partial charge in [0.05, 0.1) is 0 Å². The van der Waals surface area contributed by atoms with Gasteiger partial charge in [0.2, 0.25) is 5.91 Å². The number of nitrogens with one attached hydrogen (secondary N) is 1. The largest absolute Gasteiger partial charge is 0.338 e. The quantitative estimate of drug-likeness (QED) is 0.795. The maximum Gasteiger partial charge on any atom is 0.223 e. The first-order chi connectivity index (χ1) is 12.3. The van der Waals surface area contributed by atoms with E-state index in [1.165, 1.54) is 11.1 Å². The fraction of sp³-hybridized carbons (Fsp3) is 0.409. The minimum Gasteiger partial charge on any atom is -0.338 e. The molecule has 0 saturated carbocycles. The standard InChI is InChI=1S/C22H28N2O.ClH/c1-23-17-21-13-8-14-24(21)22(25)16-20(19-11-6-3-7-12-19)15-18-9-4-2-5-10-18;/h2-7,9-12,20-21,23H,8,13-17H2,1H3;1H. The highest BCUT2D eigenvalue weighted by Gasteiger charge is 2.29. The third-order valence-corrected chi connectivity index (χ3v) is 5.15. The molecule has 26 heavy (non-hydrogen) atoms. The first-order valence-corrected chi connectivity index (χ1v) is 9.31. The maximum atomic E-state index is 13.0. The van der Waals surface area contributed by atoms with Crippen LogP contribution in [0.5, 0.6) is 0 Å². The molecule has 1 fully saturated rings. The van der Waals surface area contributed by atoms with E-state index >= 15 is 0 Å². The first-order valence-electron chi connectivity index (χ1n) is 9.31. The van der Waals surface area contributed by atoms with E-state index in [-0.39, 0.29) is 18.3 Å². The van der Waals surface area contributed by atoms with Crippen LogP contribution < -0.4 is 5.32 Å². The third-order valence-electron chi connectivity index (χ3n) is 5.15. The van der Waals surface area contributed by atoms with Gasteiger partial charge in [0.25, 0.3) is 0 Å². The van der Waals surface area contributed by atoms with E-state index in [0.717, 1.165) is 32.4 Å². The predicted molar refractivity (Wildman–Crippen MR) is 110 cm³/mol. The summed E-state index contributed by atoms with van der Waals surface area (Å²) < 4.78 is 0. The Morgan fingerprint density at radius 1 is 1.12 bits per heavy atom. The molecule has 0 aliphatic carbocycles. The maximum absolute atomic E-state index is 13.0. The smallest absolute Gasteiger partial charge is 0.223 e. The summed E-state index contributed by atoms with van der Waals surface area (Å²) in [5.74, 6) is 0.523. The van der Waals surface area contributed by atoms with Crippen molar-refractivity contribution >= 4 is 18.3 Å². The summed E-state index contributed by atoms with van der Waals surface area (Å²) in [6.07, 6.45) is 3.72. The van der Waals surface area contributed by atoms with Gasteiger partial charge in [0, 0.05) is 25.6 Å². The molecule has 0 bridgehead atoms. The number of amides is 1. The summed E-state index contributed by atoms with van der Waals surface area (Å²) in [4.78, 5) is 15.1. The second kappa shape index (κ2) is 10.3. The van der Waals surface area contributed by atoms with Crippen LogP contribution in [-0.4, -0.2) is 37.0 Å². The van der Waals surface area contributed by atoms with Crippen LogP contribution in [0, 0.1) is 0 Å². The molecule has 0 aromatic heterocycles. The van der Waals surface area contributed by atoms with Gasteiger partial charge in [-0.15, -0.1) is 12.4 Å². The molecular weight excluding hydrogens is 344 g/mol. The van der Waals surface area contributed by atoms with Crippen molar-refractivity contribution in [3.8, 4) is 0 Å². The second-order valence-corrected chi connectivity index (χ2v) is 6.94. The zero-order valence-electron chi connectivity index (χ0n) is 15.4. The topological polar surface area (TPSA) is 32.3 Å². The average Bonchev–Trinajstić information content (AvgIpc) is 3.11. The van der Waals surface area contributed by atoms with E-state index in [1.807, 2.05) is 19.2 Å². The second-order valence-electron chi connectivity index (χ2n) is 6.94. The average molecular weight is 373 g/mol. The van der Waals surface area contributed by atoms with Crippen LogP contribution in [0.2, 0.25) is 0 Å². The number of likely N-dealkylation sites (tertiary alicyclic amines) is 1. The van der Waals surface area contributed by atoms with E-state index in [9.17, 15) is 4.79 Å². The molecule has 1 aliphatic heterocycles. The number of benzene rings is 2. The molecule has 1 saturated heterocycles. The van der Waals surface area contributed by atoms with Crippen molar-refractivity contribution in [2.75, 3.05) is 20.1 Å². The SMILES string of the molecule is CNCC1CCCN1C(=O)CC(Cc1ccccc1)c1ccccc1.Cl. The van der Waals surface area contributed by atoms with E-state index in [0.29, 0.717) is 18.4 Å². The molecule has 2 atom stereocenters. The summed E-state index contributed by atoms with van der Waals surface area (Å²) in [6, 6.07) is 21.3. The lowest BCUT2D eigenvalue weighted by atomic mass is 9.89. The molecule has 1 amide bonds. The Kier molecular flexibility index (Phi) is 8.14. The number of likely N-dealkylation sites (N-methyl/N-ethyl adjacent to an activating group) is 1. The predicted octanol–water partition coefficient (Wildman–Crippen LogP) is 4.04. The van der Waals surface area contributed by atoms with Gasteiger partial charge in [-0.05, 0) is 43.4 Å². The molecule has 3 rings (SSSR count). The molecule has 2 unspecified atom stereocenters. The molecule has 4 heteroatoms. The molecular formula is C22H29ClN2O. The summed E-state index contributed by atoms with van der Waals surface area (Å²) >= 11 is 0. The zero-order valence-corrected chi connectivity index (χ0v) is 16.3. The monoisotopic (exact) mass is 372 g/mol. The molecule has 0 radical (unpaired) electrons. The molecule has 0 spiro atoms. The van der Waals surface area contributed by atoms with Gasteiger partial charge < -0.3 is 10.2 Å². The molecule has 3 nitrogen and oxygen atoms in total. The van der Waals surface area contributed by atoms with Crippen molar-refractivity contribution in [2.24, 2.45) is 0 Å². The summed E-state index contributed by atoms with van der Waals surface area (Å²) in [7, 11) is 1.96. The molecule has 1 N–H and O–H groups in total. The van der Waals surface area contributed by atoms with Crippen molar-refractivity contribution in [1.82, 2.24) is 10.2 Å². The molecule has 2 aromatic carbocycles. The number of rotatable bonds is 7. The van der Waals surface area contributed by atoms with Crippen LogP contribution in [0.1, 0.15) is 36.3 Å². The normalized spacial score (nSPS) is 17.6. The summed E-state index contributed by atoms with van der Waals surface area (Å²) in [5, 5.41) is 3.23. The van der Waals surface area contributed by atoms with Gasteiger partial charge in [-0.2, -0.15) is 0 Å². The Morgan fingerprint density at radius 3 is 2.42 bits per heavy atom. The van der Waals surface area contributed by atoms with Gasteiger partial charge in [-0.1, -0.05) is 60.7 Å². The van der Waals surface area contributed by atoms with Crippen molar-refractivity contribution in [2.45, 2.75) is 37.6 Å². The number of carbonyl (C=O) groups excluding carboxylic acids is 1. The number of nitrogens with zero attached hydrogens (tertiary/aromatic N) is 1. The number of carbonyl (C=O) groups is 1. The van der Waals surface area contributed by atoms with Crippen LogP contribution in [-0.2, 0) is 11.2 Å². The number of hydrogen-bond acceptors (Lipinski definition) is 2. The molecule has 140 valence electrons. The fourth-order valence-corrected chi connectivity index (χ4v) is 3.87. The number of hydrogen-bond donors (Lipinski definition) is 1. The van der Waals surface area contributed by atoms with E-state index in [1.54, 1.807) is 0 Å².